The maximum absolute atomic E-state index is 12.0. The molecule has 0 unspecified atom stereocenters. The summed E-state index contributed by atoms with van der Waals surface area (Å²) in [6, 6.07) is 0.486. The minimum atomic E-state index is -0.426. The van der Waals surface area contributed by atoms with Crippen LogP contribution >= 0.6 is 0 Å². The van der Waals surface area contributed by atoms with Crippen LogP contribution in [0.5, 0.6) is 0 Å². The molecular formula is C16H27N4O2. The minimum absolute atomic E-state index is 0.160. The summed E-state index contributed by atoms with van der Waals surface area (Å²) in [6.07, 6.45) is 6.10. The third-order valence-electron chi connectivity index (χ3n) is 5.74. The summed E-state index contributed by atoms with van der Waals surface area (Å²) in [6.45, 7) is 6.97. The van der Waals surface area contributed by atoms with E-state index in [1.54, 1.807) is 6.92 Å². The molecule has 0 aromatic heterocycles. The molecule has 2 amide bonds. The lowest BCUT2D eigenvalue weighted by Gasteiger charge is -2.44. The average molecular weight is 307 g/mol. The van der Waals surface area contributed by atoms with Crippen LogP contribution in [0.25, 0.3) is 0 Å². The molecule has 3 fully saturated rings. The first kappa shape index (κ1) is 15.7. The Morgan fingerprint density at radius 1 is 1.23 bits per heavy atom. The number of nitrogens with two attached hydrogens (primary N) is 1. The molecule has 0 saturated carbocycles. The number of carbonyl (C=O) groups is 2. The molecule has 3 heterocycles. The predicted octanol–water partition coefficient (Wildman–Crippen LogP) is -0.163. The van der Waals surface area contributed by atoms with Crippen molar-refractivity contribution in [2.24, 2.45) is 5.73 Å². The van der Waals surface area contributed by atoms with Gasteiger partial charge in [-0.25, -0.2) is 0 Å². The Morgan fingerprint density at radius 3 is 2.59 bits per heavy atom. The Kier molecular flexibility index (Phi) is 4.41. The van der Waals surface area contributed by atoms with Gasteiger partial charge in [0, 0.05) is 52.2 Å². The van der Waals surface area contributed by atoms with Crippen molar-refractivity contribution in [1.82, 2.24) is 14.7 Å². The number of fused-ring (bicyclic) bond motifs is 2. The summed E-state index contributed by atoms with van der Waals surface area (Å²) in [4.78, 5) is 30.0. The second-order valence-electron chi connectivity index (χ2n) is 6.86. The Hall–Kier alpha value is -1.14. The summed E-state index contributed by atoms with van der Waals surface area (Å²) in [7, 11) is 0. The smallest absolute Gasteiger partial charge is 0.237 e. The van der Waals surface area contributed by atoms with E-state index in [9.17, 15) is 9.59 Å². The number of nitrogens with zero attached hydrogens (tertiary/aromatic N) is 3. The van der Waals surface area contributed by atoms with Crippen LogP contribution in [0, 0.1) is 6.42 Å². The zero-order valence-corrected chi connectivity index (χ0v) is 13.5. The van der Waals surface area contributed by atoms with E-state index < -0.39 is 5.54 Å². The Bertz CT molecular complexity index is 443. The number of piperazine rings is 1. The van der Waals surface area contributed by atoms with Gasteiger partial charge in [-0.15, -0.1) is 0 Å². The molecule has 3 rings (SSSR count). The quantitative estimate of drug-likeness (QED) is 0.783. The van der Waals surface area contributed by atoms with E-state index in [0.717, 1.165) is 65.0 Å². The Balaban J connectivity index is 1.55. The van der Waals surface area contributed by atoms with Gasteiger partial charge < -0.3 is 10.6 Å². The molecule has 3 aliphatic heterocycles. The zero-order valence-electron chi connectivity index (χ0n) is 13.5. The molecule has 0 spiro atoms. The molecule has 2 atom stereocenters. The third kappa shape index (κ3) is 2.74. The molecule has 3 aliphatic rings. The van der Waals surface area contributed by atoms with Gasteiger partial charge in [0.1, 0.15) is 5.54 Å². The van der Waals surface area contributed by atoms with Gasteiger partial charge in [0.2, 0.25) is 11.8 Å². The summed E-state index contributed by atoms with van der Waals surface area (Å²) in [5.74, 6) is 0.00397. The predicted molar refractivity (Wildman–Crippen MR) is 83.9 cm³/mol. The molecule has 123 valence electrons. The third-order valence-corrected chi connectivity index (χ3v) is 5.74. The first-order valence-corrected chi connectivity index (χ1v) is 8.39. The maximum atomic E-state index is 12.0. The molecule has 3 saturated heterocycles. The molecule has 0 aromatic rings. The van der Waals surface area contributed by atoms with Crippen LogP contribution < -0.4 is 5.73 Å². The first-order valence-electron chi connectivity index (χ1n) is 8.39. The number of primary amides is 1. The van der Waals surface area contributed by atoms with Crippen molar-refractivity contribution < 1.29 is 9.59 Å². The number of piperidine rings is 1. The first-order chi connectivity index (χ1) is 10.5. The van der Waals surface area contributed by atoms with Gasteiger partial charge in [-0.3, -0.25) is 19.4 Å². The van der Waals surface area contributed by atoms with Gasteiger partial charge in [0.15, 0.2) is 0 Å². The number of amides is 2. The molecule has 0 aromatic carbocycles. The van der Waals surface area contributed by atoms with Crippen molar-refractivity contribution in [3.8, 4) is 0 Å². The Labute approximate surface area is 132 Å². The van der Waals surface area contributed by atoms with Gasteiger partial charge >= 0.3 is 0 Å². The van der Waals surface area contributed by atoms with E-state index in [-0.39, 0.29) is 11.8 Å². The SMILES string of the molecule is CC(=O)N1CCN(CCN2[C@@H]3C[CH]C[C@@]2(C(N)=O)CC3)CC1. The molecule has 22 heavy (non-hydrogen) atoms. The average Bonchev–Trinajstić information content (AvgIpc) is 2.71. The number of carbonyl (C=O) groups excluding carboxylic acids is 2. The summed E-state index contributed by atoms with van der Waals surface area (Å²) < 4.78 is 0. The van der Waals surface area contributed by atoms with Crippen LogP contribution in [0.2, 0.25) is 0 Å². The van der Waals surface area contributed by atoms with Gasteiger partial charge in [-0.1, -0.05) is 0 Å². The summed E-state index contributed by atoms with van der Waals surface area (Å²) in [5.41, 5.74) is 5.31. The summed E-state index contributed by atoms with van der Waals surface area (Å²) >= 11 is 0. The van der Waals surface area contributed by atoms with Crippen molar-refractivity contribution in [1.29, 1.82) is 0 Å². The highest BCUT2D eigenvalue weighted by Crippen LogP contribution is 2.43. The van der Waals surface area contributed by atoms with Crippen LogP contribution in [-0.2, 0) is 9.59 Å². The fourth-order valence-corrected chi connectivity index (χ4v) is 4.33. The van der Waals surface area contributed by atoms with Crippen molar-refractivity contribution in [3.63, 3.8) is 0 Å². The lowest BCUT2D eigenvalue weighted by molar-refractivity contribution is -0.132. The van der Waals surface area contributed by atoms with Crippen molar-refractivity contribution in [3.05, 3.63) is 6.42 Å². The molecule has 6 nitrogen and oxygen atoms in total. The van der Waals surface area contributed by atoms with Crippen LogP contribution in [-0.4, -0.2) is 77.4 Å². The standard InChI is InChI=1S/C16H27N4O2/c1-13(21)19-10-7-18(8-11-19)9-12-20-14-3-2-5-16(20,6-4-14)15(17)22/h2,14H,3-12H2,1H3,(H2,17,22)/t14-,16+/m1/s1. The fourth-order valence-electron chi connectivity index (χ4n) is 4.33. The highest BCUT2D eigenvalue weighted by atomic mass is 16.2. The van der Waals surface area contributed by atoms with Crippen molar-refractivity contribution >= 4 is 11.8 Å². The maximum Gasteiger partial charge on any atom is 0.237 e. The van der Waals surface area contributed by atoms with E-state index in [1.165, 1.54) is 0 Å². The molecule has 1 radical (unpaired) electrons. The highest BCUT2D eigenvalue weighted by Gasteiger charge is 2.52. The molecule has 6 heteroatoms. The highest BCUT2D eigenvalue weighted by molar-refractivity contribution is 5.85. The lowest BCUT2D eigenvalue weighted by Crippen LogP contribution is -2.60. The molecular weight excluding hydrogens is 280 g/mol. The Morgan fingerprint density at radius 2 is 1.95 bits per heavy atom. The van der Waals surface area contributed by atoms with Crippen LogP contribution in [0.15, 0.2) is 0 Å². The van der Waals surface area contributed by atoms with Crippen LogP contribution in [0.4, 0.5) is 0 Å². The van der Waals surface area contributed by atoms with Crippen LogP contribution in [0.3, 0.4) is 0 Å². The van der Waals surface area contributed by atoms with Gasteiger partial charge in [0.25, 0.3) is 0 Å². The van der Waals surface area contributed by atoms with E-state index in [1.807, 2.05) is 4.90 Å². The lowest BCUT2D eigenvalue weighted by atomic mass is 9.87. The van der Waals surface area contributed by atoms with Crippen LogP contribution in [0.1, 0.15) is 32.6 Å². The number of hydrogen-bond donors (Lipinski definition) is 1. The van der Waals surface area contributed by atoms with E-state index in [4.69, 9.17) is 5.73 Å². The molecule has 0 aliphatic carbocycles. The molecule has 2 N–H and O–H groups in total. The fraction of sp³-hybridized carbons (Fsp3) is 0.812. The van der Waals surface area contributed by atoms with Gasteiger partial charge in [-0.05, 0) is 32.1 Å². The number of hydrogen-bond acceptors (Lipinski definition) is 4. The second-order valence-corrected chi connectivity index (χ2v) is 6.86. The minimum Gasteiger partial charge on any atom is -0.368 e. The zero-order chi connectivity index (χ0) is 15.7. The van der Waals surface area contributed by atoms with E-state index >= 15 is 0 Å². The second kappa shape index (κ2) is 6.16. The largest absolute Gasteiger partial charge is 0.368 e. The van der Waals surface area contributed by atoms with Gasteiger partial charge in [0.05, 0.1) is 0 Å². The van der Waals surface area contributed by atoms with Gasteiger partial charge in [-0.2, -0.15) is 0 Å². The van der Waals surface area contributed by atoms with E-state index in [0.29, 0.717) is 6.04 Å². The monoisotopic (exact) mass is 307 g/mol. The molecule has 2 bridgehead atoms. The number of rotatable bonds is 4. The van der Waals surface area contributed by atoms with Crippen molar-refractivity contribution in [2.75, 3.05) is 39.3 Å². The normalized spacial score (nSPS) is 33.1. The topological polar surface area (TPSA) is 69.9 Å². The van der Waals surface area contributed by atoms with Crippen molar-refractivity contribution in [2.45, 2.75) is 44.2 Å². The summed E-state index contributed by atoms with van der Waals surface area (Å²) in [5, 5.41) is 0. The van der Waals surface area contributed by atoms with E-state index in [2.05, 4.69) is 16.2 Å².